The summed E-state index contributed by atoms with van der Waals surface area (Å²) >= 11 is 0. The van der Waals surface area contributed by atoms with Crippen molar-refractivity contribution >= 4 is 17.8 Å². The number of rotatable bonds is 5. The lowest BCUT2D eigenvalue weighted by atomic mass is 9.95. The number of aliphatic carboxylic acids is 1. The Morgan fingerprint density at radius 3 is 2.72 bits per heavy atom. The van der Waals surface area contributed by atoms with E-state index in [1.807, 2.05) is 13.8 Å². The van der Waals surface area contributed by atoms with Crippen LogP contribution in [0.15, 0.2) is 0 Å². The van der Waals surface area contributed by atoms with Crippen molar-refractivity contribution in [3.63, 3.8) is 0 Å². The van der Waals surface area contributed by atoms with Crippen molar-refractivity contribution in [2.75, 3.05) is 13.1 Å². The molecule has 1 saturated heterocycles. The molecule has 0 unspecified atom stereocenters. The number of hydrogen-bond donors (Lipinski definition) is 2. The summed E-state index contributed by atoms with van der Waals surface area (Å²) in [5.41, 5.74) is 0. The zero-order valence-electron chi connectivity index (χ0n) is 10.8. The molecule has 18 heavy (non-hydrogen) atoms. The molecule has 1 rings (SSSR count). The molecule has 0 aromatic carbocycles. The van der Waals surface area contributed by atoms with Crippen LogP contribution in [0.25, 0.3) is 0 Å². The van der Waals surface area contributed by atoms with Crippen LogP contribution in [0, 0.1) is 5.92 Å². The van der Waals surface area contributed by atoms with Crippen molar-refractivity contribution in [2.45, 2.75) is 39.2 Å². The summed E-state index contributed by atoms with van der Waals surface area (Å²) < 4.78 is 0. The summed E-state index contributed by atoms with van der Waals surface area (Å²) in [7, 11) is 0. The van der Waals surface area contributed by atoms with Gasteiger partial charge in [-0.05, 0) is 19.8 Å². The number of carbonyl (C=O) groups excluding carboxylic acids is 2. The van der Waals surface area contributed by atoms with Crippen molar-refractivity contribution in [2.24, 2.45) is 5.92 Å². The molecule has 0 saturated carbocycles. The van der Waals surface area contributed by atoms with Crippen molar-refractivity contribution in [3.05, 3.63) is 0 Å². The van der Waals surface area contributed by atoms with E-state index in [0.717, 1.165) is 0 Å². The Hall–Kier alpha value is -1.59. The molecule has 2 N–H and O–H groups in total. The Bertz CT molecular complexity index is 343. The molecule has 6 heteroatoms. The molecule has 1 heterocycles. The third-order valence-corrected chi connectivity index (χ3v) is 3.31. The highest BCUT2D eigenvalue weighted by molar-refractivity contribution is 5.88. The lowest BCUT2D eigenvalue weighted by Gasteiger charge is -2.32. The second kappa shape index (κ2) is 6.37. The van der Waals surface area contributed by atoms with Crippen LogP contribution in [0.5, 0.6) is 0 Å². The topological polar surface area (TPSA) is 86.7 Å². The first-order valence-corrected chi connectivity index (χ1v) is 6.24. The highest BCUT2D eigenvalue weighted by Gasteiger charge is 2.31. The number of amides is 2. The van der Waals surface area contributed by atoms with Gasteiger partial charge in [0.05, 0.1) is 0 Å². The Morgan fingerprint density at radius 1 is 1.56 bits per heavy atom. The molecule has 0 radical (unpaired) electrons. The van der Waals surface area contributed by atoms with Crippen molar-refractivity contribution < 1.29 is 19.5 Å². The van der Waals surface area contributed by atoms with Gasteiger partial charge in [0.15, 0.2) is 0 Å². The Balaban J connectivity index is 2.74. The van der Waals surface area contributed by atoms with Gasteiger partial charge >= 0.3 is 5.97 Å². The van der Waals surface area contributed by atoms with E-state index in [2.05, 4.69) is 5.32 Å². The fourth-order valence-corrected chi connectivity index (χ4v) is 2.05. The van der Waals surface area contributed by atoms with E-state index in [1.165, 1.54) is 4.90 Å². The minimum atomic E-state index is -1.02. The summed E-state index contributed by atoms with van der Waals surface area (Å²) in [6, 6.07) is -0.126. The number of hydrogen-bond acceptors (Lipinski definition) is 3. The fourth-order valence-electron chi connectivity index (χ4n) is 2.05. The van der Waals surface area contributed by atoms with E-state index in [0.29, 0.717) is 19.4 Å². The molecule has 0 aromatic heterocycles. The lowest BCUT2D eigenvalue weighted by molar-refractivity contribution is -0.149. The fraction of sp³-hybridized carbons (Fsp3) is 0.750. The Kier molecular flexibility index (Phi) is 5.12. The average molecular weight is 256 g/mol. The molecule has 6 nitrogen and oxygen atoms in total. The molecule has 1 aliphatic rings. The van der Waals surface area contributed by atoms with Gasteiger partial charge in [-0.25, -0.2) is 0 Å². The summed E-state index contributed by atoms with van der Waals surface area (Å²) in [4.78, 5) is 35.7. The molecule has 1 fully saturated rings. The Labute approximate surface area is 106 Å². The third kappa shape index (κ3) is 3.72. The van der Waals surface area contributed by atoms with Gasteiger partial charge in [-0.2, -0.15) is 0 Å². The zero-order chi connectivity index (χ0) is 13.7. The van der Waals surface area contributed by atoms with Crippen molar-refractivity contribution in [3.8, 4) is 0 Å². The van der Waals surface area contributed by atoms with Gasteiger partial charge in [0, 0.05) is 24.9 Å². The second-order valence-electron chi connectivity index (χ2n) is 4.66. The summed E-state index contributed by atoms with van der Waals surface area (Å²) in [5.74, 6) is -1.77. The van der Waals surface area contributed by atoms with E-state index in [-0.39, 0.29) is 36.7 Å². The first-order chi connectivity index (χ1) is 8.45. The van der Waals surface area contributed by atoms with Crippen molar-refractivity contribution in [1.82, 2.24) is 10.2 Å². The first kappa shape index (κ1) is 14.5. The molecular formula is C12H20N2O4. The van der Waals surface area contributed by atoms with Crippen LogP contribution in [0.4, 0.5) is 0 Å². The first-order valence-electron chi connectivity index (χ1n) is 6.24. The minimum absolute atomic E-state index is 0.126. The van der Waals surface area contributed by atoms with E-state index in [9.17, 15) is 14.4 Å². The van der Waals surface area contributed by atoms with Gasteiger partial charge in [0.25, 0.3) is 0 Å². The molecular weight excluding hydrogens is 236 g/mol. The predicted octanol–water partition coefficient (Wildman–Crippen LogP) is 0.224. The van der Waals surface area contributed by atoms with Crippen LogP contribution < -0.4 is 5.32 Å². The van der Waals surface area contributed by atoms with Crippen molar-refractivity contribution in [1.29, 1.82) is 0 Å². The molecule has 2 atom stereocenters. The van der Waals surface area contributed by atoms with Gasteiger partial charge in [0.2, 0.25) is 11.8 Å². The average Bonchev–Trinajstić information content (AvgIpc) is 2.34. The monoisotopic (exact) mass is 256 g/mol. The number of carbonyl (C=O) groups is 3. The summed E-state index contributed by atoms with van der Waals surface area (Å²) in [6.07, 6.45) is 1.43. The number of piperidine rings is 1. The number of nitrogens with one attached hydrogen (secondary N) is 1. The van der Waals surface area contributed by atoms with Crippen LogP contribution in [0.3, 0.4) is 0 Å². The van der Waals surface area contributed by atoms with Gasteiger partial charge < -0.3 is 15.3 Å². The quantitative estimate of drug-likeness (QED) is 0.737. The standard InChI is InChI=1S/C12H20N2O4/c1-3-8(2)14(7-11(16)17)12(18)9-4-5-13-10(15)6-9/h8-9H,3-7H2,1-2H3,(H,13,15)(H,16,17)/t8-,9-/m1/s1. The highest BCUT2D eigenvalue weighted by Crippen LogP contribution is 2.18. The van der Waals surface area contributed by atoms with E-state index < -0.39 is 5.97 Å². The maximum Gasteiger partial charge on any atom is 0.323 e. The van der Waals surface area contributed by atoms with Crippen LogP contribution in [-0.4, -0.2) is 46.9 Å². The van der Waals surface area contributed by atoms with E-state index in [1.54, 1.807) is 0 Å². The predicted molar refractivity (Wildman–Crippen MR) is 64.8 cm³/mol. The highest BCUT2D eigenvalue weighted by atomic mass is 16.4. The summed E-state index contributed by atoms with van der Waals surface area (Å²) in [6.45, 7) is 3.91. The normalized spacial score (nSPS) is 21.0. The number of carboxylic acid groups (broad SMARTS) is 1. The van der Waals surface area contributed by atoms with Gasteiger partial charge in [-0.15, -0.1) is 0 Å². The number of carboxylic acids is 1. The smallest absolute Gasteiger partial charge is 0.323 e. The third-order valence-electron chi connectivity index (χ3n) is 3.31. The van der Waals surface area contributed by atoms with Gasteiger partial charge in [-0.1, -0.05) is 6.92 Å². The molecule has 0 bridgehead atoms. The lowest BCUT2D eigenvalue weighted by Crippen LogP contribution is -2.48. The minimum Gasteiger partial charge on any atom is -0.480 e. The van der Waals surface area contributed by atoms with Crippen LogP contribution >= 0.6 is 0 Å². The molecule has 0 aromatic rings. The second-order valence-corrected chi connectivity index (χ2v) is 4.66. The molecule has 102 valence electrons. The van der Waals surface area contributed by atoms with E-state index in [4.69, 9.17) is 5.11 Å². The molecule has 2 amide bonds. The maximum atomic E-state index is 12.3. The maximum absolute atomic E-state index is 12.3. The SMILES string of the molecule is CC[C@@H](C)N(CC(=O)O)C(=O)[C@@H]1CCNC(=O)C1. The molecule has 1 aliphatic heterocycles. The summed E-state index contributed by atoms with van der Waals surface area (Å²) in [5, 5.41) is 11.5. The largest absolute Gasteiger partial charge is 0.480 e. The van der Waals surface area contributed by atoms with Crippen LogP contribution in [-0.2, 0) is 14.4 Å². The van der Waals surface area contributed by atoms with E-state index >= 15 is 0 Å². The molecule has 0 spiro atoms. The van der Waals surface area contributed by atoms with Gasteiger partial charge in [0.1, 0.15) is 6.54 Å². The number of nitrogens with zero attached hydrogens (tertiary/aromatic N) is 1. The van der Waals surface area contributed by atoms with Crippen LogP contribution in [0.1, 0.15) is 33.1 Å². The van der Waals surface area contributed by atoms with Crippen LogP contribution in [0.2, 0.25) is 0 Å². The zero-order valence-corrected chi connectivity index (χ0v) is 10.8. The van der Waals surface area contributed by atoms with Gasteiger partial charge in [-0.3, -0.25) is 14.4 Å². The molecule has 0 aliphatic carbocycles. The Morgan fingerprint density at radius 2 is 2.22 bits per heavy atom.